The van der Waals surface area contributed by atoms with Crippen LogP contribution in [0, 0.1) is 11.3 Å². The molecule has 9 heteroatoms. The van der Waals surface area contributed by atoms with E-state index in [9.17, 15) is 13.2 Å². The Bertz CT molecular complexity index is 1310. The summed E-state index contributed by atoms with van der Waals surface area (Å²) >= 11 is 0. The van der Waals surface area contributed by atoms with Crippen molar-refractivity contribution >= 4 is 27.3 Å². The van der Waals surface area contributed by atoms with Gasteiger partial charge in [0.2, 0.25) is 10.0 Å². The summed E-state index contributed by atoms with van der Waals surface area (Å²) in [5.74, 6) is 0.579. The van der Waals surface area contributed by atoms with Crippen LogP contribution in [0.3, 0.4) is 0 Å². The molecule has 0 saturated carbocycles. The van der Waals surface area contributed by atoms with Crippen molar-refractivity contribution in [3.63, 3.8) is 0 Å². The fourth-order valence-corrected chi connectivity index (χ4v) is 5.18. The summed E-state index contributed by atoms with van der Waals surface area (Å²) < 4.78 is 32.5. The van der Waals surface area contributed by atoms with Crippen molar-refractivity contribution in [2.75, 3.05) is 38.6 Å². The van der Waals surface area contributed by atoms with Gasteiger partial charge in [-0.05, 0) is 60.7 Å². The highest BCUT2D eigenvalue weighted by atomic mass is 32.2. The van der Waals surface area contributed by atoms with Gasteiger partial charge in [0.05, 0.1) is 34.9 Å². The van der Waals surface area contributed by atoms with Crippen molar-refractivity contribution in [1.82, 2.24) is 9.21 Å². The molecule has 0 aromatic heterocycles. The van der Waals surface area contributed by atoms with Gasteiger partial charge in [0.15, 0.2) is 0 Å². The fourth-order valence-electron chi connectivity index (χ4n) is 3.76. The Labute approximate surface area is 199 Å². The molecule has 8 nitrogen and oxygen atoms in total. The minimum atomic E-state index is -3.69. The van der Waals surface area contributed by atoms with Crippen LogP contribution < -0.4 is 10.1 Å². The van der Waals surface area contributed by atoms with Crippen LogP contribution in [0.2, 0.25) is 0 Å². The van der Waals surface area contributed by atoms with Crippen LogP contribution in [0.25, 0.3) is 0 Å². The summed E-state index contributed by atoms with van der Waals surface area (Å²) in [6.45, 7) is 0.959. The van der Waals surface area contributed by atoms with Crippen LogP contribution in [0.5, 0.6) is 5.75 Å². The van der Waals surface area contributed by atoms with Gasteiger partial charge in [0.25, 0.3) is 5.91 Å². The monoisotopic (exact) mass is 476 g/mol. The molecule has 1 N–H and O–H groups in total. The number of sulfonamides is 1. The first kappa shape index (κ1) is 23.3. The first-order valence-electron chi connectivity index (χ1n) is 10.7. The number of ether oxygens (including phenoxy) is 1. The molecule has 1 amide bonds. The normalized spacial score (nSPS) is 14.3. The number of nitriles is 1. The van der Waals surface area contributed by atoms with E-state index in [-0.39, 0.29) is 37.0 Å². The molecular weight excluding hydrogens is 452 g/mol. The highest BCUT2D eigenvalue weighted by Crippen LogP contribution is 2.25. The molecule has 0 atom stereocenters. The number of methoxy groups -OCH3 is 1. The van der Waals surface area contributed by atoms with E-state index in [2.05, 4.69) is 5.32 Å². The molecule has 1 fully saturated rings. The number of amides is 1. The van der Waals surface area contributed by atoms with Gasteiger partial charge in [-0.2, -0.15) is 9.57 Å². The molecule has 1 aliphatic heterocycles. The zero-order chi connectivity index (χ0) is 24.1. The van der Waals surface area contributed by atoms with Crippen LogP contribution in [-0.4, -0.2) is 56.8 Å². The van der Waals surface area contributed by atoms with E-state index < -0.39 is 10.0 Å². The van der Waals surface area contributed by atoms with Crippen molar-refractivity contribution in [2.24, 2.45) is 0 Å². The number of anilines is 2. The molecule has 1 heterocycles. The lowest BCUT2D eigenvalue weighted by Crippen LogP contribution is -2.50. The molecule has 1 aliphatic rings. The molecular formula is C25H24N4O4S. The zero-order valence-electron chi connectivity index (χ0n) is 18.6. The molecule has 0 aliphatic carbocycles. The van der Waals surface area contributed by atoms with Gasteiger partial charge in [-0.25, -0.2) is 8.42 Å². The summed E-state index contributed by atoms with van der Waals surface area (Å²) in [7, 11) is -2.09. The number of para-hydroxylation sites is 1. The van der Waals surface area contributed by atoms with Crippen molar-refractivity contribution < 1.29 is 17.9 Å². The topological polar surface area (TPSA) is 103 Å². The first-order valence-corrected chi connectivity index (χ1v) is 12.2. The van der Waals surface area contributed by atoms with Crippen LogP contribution in [0.4, 0.5) is 11.4 Å². The van der Waals surface area contributed by atoms with Gasteiger partial charge in [-0.15, -0.1) is 0 Å². The van der Waals surface area contributed by atoms with Crippen LogP contribution in [0.15, 0.2) is 77.7 Å². The number of nitrogens with zero attached hydrogens (tertiary/aromatic N) is 3. The molecule has 0 bridgehead atoms. The van der Waals surface area contributed by atoms with Crippen molar-refractivity contribution in [3.05, 3.63) is 83.9 Å². The second-order valence-corrected chi connectivity index (χ2v) is 9.67. The van der Waals surface area contributed by atoms with Gasteiger partial charge in [0.1, 0.15) is 5.75 Å². The molecule has 174 valence electrons. The Hall–Kier alpha value is -3.87. The van der Waals surface area contributed by atoms with Crippen LogP contribution >= 0.6 is 0 Å². The number of benzene rings is 3. The predicted octanol–water partition coefficient (Wildman–Crippen LogP) is 3.46. The largest absolute Gasteiger partial charge is 0.497 e. The molecule has 0 radical (unpaired) electrons. The van der Waals surface area contributed by atoms with Crippen molar-refractivity contribution in [2.45, 2.75) is 4.90 Å². The predicted molar refractivity (Wildman–Crippen MR) is 129 cm³/mol. The SMILES string of the molecule is COc1ccc(Nc2ccccc2C(=O)N2CCN(S(=O)(=O)c3ccc(C#N)cc3)CC2)cc1. The smallest absolute Gasteiger partial charge is 0.256 e. The van der Waals surface area contributed by atoms with Crippen LogP contribution in [-0.2, 0) is 10.0 Å². The van der Waals surface area contributed by atoms with E-state index >= 15 is 0 Å². The summed E-state index contributed by atoms with van der Waals surface area (Å²) in [6, 6.07) is 22.5. The van der Waals surface area contributed by atoms with E-state index in [0.717, 1.165) is 11.4 Å². The lowest BCUT2D eigenvalue weighted by Gasteiger charge is -2.34. The number of hydrogen-bond donors (Lipinski definition) is 1. The Morgan fingerprint density at radius 3 is 2.21 bits per heavy atom. The number of hydrogen-bond acceptors (Lipinski definition) is 6. The maximum atomic E-state index is 13.3. The number of piperazine rings is 1. The van der Waals surface area contributed by atoms with E-state index in [0.29, 0.717) is 16.8 Å². The quantitative estimate of drug-likeness (QED) is 0.585. The molecule has 3 aromatic rings. The summed E-state index contributed by atoms with van der Waals surface area (Å²) in [5, 5.41) is 12.2. The number of nitrogens with one attached hydrogen (secondary N) is 1. The first-order chi connectivity index (χ1) is 16.4. The van der Waals surface area contributed by atoms with Gasteiger partial charge in [0, 0.05) is 31.9 Å². The van der Waals surface area contributed by atoms with E-state index in [1.54, 1.807) is 24.1 Å². The van der Waals surface area contributed by atoms with Gasteiger partial charge >= 0.3 is 0 Å². The maximum Gasteiger partial charge on any atom is 0.256 e. The maximum absolute atomic E-state index is 13.3. The van der Waals surface area contributed by atoms with Crippen molar-refractivity contribution in [1.29, 1.82) is 5.26 Å². The van der Waals surface area contributed by atoms with E-state index in [1.807, 2.05) is 42.5 Å². The Morgan fingerprint density at radius 1 is 0.941 bits per heavy atom. The Morgan fingerprint density at radius 2 is 1.59 bits per heavy atom. The molecule has 0 spiro atoms. The minimum Gasteiger partial charge on any atom is -0.497 e. The highest BCUT2D eigenvalue weighted by molar-refractivity contribution is 7.89. The molecule has 0 unspecified atom stereocenters. The third kappa shape index (κ3) is 4.88. The number of rotatable bonds is 6. The second kappa shape index (κ2) is 9.95. The number of carbonyl (C=O) groups excluding carboxylic acids is 1. The van der Waals surface area contributed by atoms with Crippen LogP contribution in [0.1, 0.15) is 15.9 Å². The average Bonchev–Trinajstić information content (AvgIpc) is 2.89. The fraction of sp³-hybridized carbons (Fsp3) is 0.200. The molecule has 3 aromatic carbocycles. The van der Waals surface area contributed by atoms with E-state index in [4.69, 9.17) is 10.00 Å². The van der Waals surface area contributed by atoms with Gasteiger partial charge in [-0.3, -0.25) is 4.79 Å². The lowest BCUT2D eigenvalue weighted by atomic mass is 10.1. The third-order valence-electron chi connectivity index (χ3n) is 5.67. The van der Waals surface area contributed by atoms with Gasteiger partial charge < -0.3 is 15.0 Å². The highest BCUT2D eigenvalue weighted by Gasteiger charge is 2.31. The molecule has 1 saturated heterocycles. The second-order valence-electron chi connectivity index (χ2n) is 7.73. The minimum absolute atomic E-state index is 0.139. The third-order valence-corrected chi connectivity index (χ3v) is 7.59. The number of carbonyl (C=O) groups is 1. The van der Waals surface area contributed by atoms with E-state index in [1.165, 1.54) is 28.6 Å². The summed E-state index contributed by atoms with van der Waals surface area (Å²) in [5.41, 5.74) is 2.41. The van der Waals surface area contributed by atoms with Crippen molar-refractivity contribution in [3.8, 4) is 11.8 Å². The Balaban J connectivity index is 1.45. The Kier molecular flexibility index (Phi) is 6.82. The summed E-state index contributed by atoms with van der Waals surface area (Å²) in [4.78, 5) is 15.1. The standard InChI is InChI=1S/C25H24N4O4S/c1-33-21-10-8-20(9-11-21)27-24-5-3-2-4-23(24)25(30)28-14-16-29(17-15-28)34(31,32)22-12-6-19(18-26)7-13-22/h2-13,27H,14-17H2,1H3. The molecule has 4 rings (SSSR count). The molecule has 34 heavy (non-hydrogen) atoms. The average molecular weight is 477 g/mol. The summed E-state index contributed by atoms with van der Waals surface area (Å²) in [6.07, 6.45) is 0. The van der Waals surface area contributed by atoms with Gasteiger partial charge in [-0.1, -0.05) is 12.1 Å². The zero-order valence-corrected chi connectivity index (χ0v) is 19.5. The lowest BCUT2D eigenvalue weighted by molar-refractivity contribution is 0.0699.